The van der Waals surface area contributed by atoms with Gasteiger partial charge in [0.15, 0.2) is 0 Å². The van der Waals surface area contributed by atoms with Crippen LogP contribution in [-0.2, 0) is 6.42 Å². The molecule has 1 fully saturated rings. The van der Waals surface area contributed by atoms with Crippen molar-refractivity contribution >= 4 is 10.9 Å². The topological polar surface area (TPSA) is 38.0 Å². The van der Waals surface area contributed by atoms with Crippen molar-refractivity contribution in [2.45, 2.75) is 38.3 Å². The first-order chi connectivity index (χ1) is 7.78. The Kier molecular flexibility index (Phi) is 2.21. The number of fused-ring (bicyclic) bond motifs is 1. The summed E-state index contributed by atoms with van der Waals surface area (Å²) in [4.78, 5) is 0. The number of nitrogens with zero attached hydrogens (tertiary/aromatic N) is 2. The van der Waals surface area contributed by atoms with Gasteiger partial charge in [0.1, 0.15) is 0 Å². The van der Waals surface area contributed by atoms with E-state index in [0.29, 0.717) is 6.04 Å². The van der Waals surface area contributed by atoms with E-state index in [1.165, 1.54) is 16.5 Å². The largest absolute Gasteiger partial charge is 0.393 e. The fourth-order valence-electron chi connectivity index (χ4n) is 2.35. The minimum Gasteiger partial charge on any atom is -0.393 e. The van der Waals surface area contributed by atoms with Crippen molar-refractivity contribution in [1.29, 1.82) is 0 Å². The molecule has 1 aromatic heterocycles. The molecule has 1 heterocycles. The average molecular weight is 216 g/mol. The number of benzene rings is 1. The van der Waals surface area contributed by atoms with Crippen molar-refractivity contribution < 1.29 is 5.11 Å². The molecule has 84 valence electrons. The van der Waals surface area contributed by atoms with E-state index >= 15 is 0 Å². The summed E-state index contributed by atoms with van der Waals surface area (Å²) in [6.07, 6.45) is 4.52. The zero-order valence-corrected chi connectivity index (χ0v) is 9.43. The molecular weight excluding hydrogens is 200 g/mol. The first-order valence-electron chi connectivity index (χ1n) is 5.92. The Balaban J connectivity index is 2.04. The summed E-state index contributed by atoms with van der Waals surface area (Å²) < 4.78 is 2.07. The van der Waals surface area contributed by atoms with Crippen molar-refractivity contribution in [3.63, 3.8) is 0 Å². The summed E-state index contributed by atoms with van der Waals surface area (Å²) in [5.41, 5.74) is 2.55. The van der Waals surface area contributed by atoms with Crippen LogP contribution in [0.3, 0.4) is 0 Å². The van der Waals surface area contributed by atoms with Crippen LogP contribution >= 0.6 is 0 Å². The summed E-state index contributed by atoms with van der Waals surface area (Å²) in [6, 6.07) is 6.89. The molecule has 0 saturated heterocycles. The quantitative estimate of drug-likeness (QED) is 0.836. The van der Waals surface area contributed by atoms with Gasteiger partial charge < -0.3 is 5.11 Å². The number of aryl methyl sites for hydroxylation is 1. The van der Waals surface area contributed by atoms with Gasteiger partial charge in [-0.05, 0) is 30.9 Å². The second-order valence-corrected chi connectivity index (χ2v) is 4.61. The predicted octanol–water partition coefficient (Wildman–Crippen LogP) is 2.29. The molecule has 0 bridgehead atoms. The lowest BCUT2D eigenvalue weighted by Gasteiger charge is -2.32. The molecule has 0 atom stereocenters. The van der Waals surface area contributed by atoms with Gasteiger partial charge in [-0.3, -0.25) is 4.68 Å². The first kappa shape index (κ1) is 9.85. The summed E-state index contributed by atoms with van der Waals surface area (Å²) in [5.74, 6) is 0. The number of hydrogen-bond acceptors (Lipinski definition) is 2. The maximum Gasteiger partial charge on any atom is 0.0688 e. The zero-order chi connectivity index (χ0) is 11.1. The third-order valence-corrected chi connectivity index (χ3v) is 3.51. The number of aliphatic hydroxyl groups is 1. The molecule has 0 aliphatic heterocycles. The Morgan fingerprint density at radius 1 is 1.44 bits per heavy atom. The van der Waals surface area contributed by atoms with Gasteiger partial charge in [-0.2, -0.15) is 5.10 Å². The van der Waals surface area contributed by atoms with Crippen molar-refractivity contribution in [2.24, 2.45) is 0 Å². The predicted molar refractivity (Wildman–Crippen MR) is 63.4 cm³/mol. The molecule has 1 N–H and O–H groups in total. The molecule has 1 saturated carbocycles. The summed E-state index contributed by atoms with van der Waals surface area (Å²) in [5, 5.41) is 15.0. The van der Waals surface area contributed by atoms with Crippen LogP contribution in [0, 0.1) is 0 Å². The molecule has 0 unspecified atom stereocenters. The molecular formula is C13H16N2O. The van der Waals surface area contributed by atoms with Crippen LogP contribution in [0.2, 0.25) is 0 Å². The van der Waals surface area contributed by atoms with Crippen LogP contribution < -0.4 is 0 Å². The second-order valence-electron chi connectivity index (χ2n) is 4.61. The molecule has 3 heteroatoms. The van der Waals surface area contributed by atoms with Crippen LogP contribution in [-0.4, -0.2) is 21.0 Å². The number of rotatable bonds is 2. The number of aromatic nitrogens is 2. The average Bonchev–Trinajstić information content (AvgIpc) is 2.67. The first-order valence-corrected chi connectivity index (χ1v) is 5.92. The highest BCUT2D eigenvalue weighted by Crippen LogP contribution is 2.34. The highest BCUT2D eigenvalue weighted by atomic mass is 16.3. The summed E-state index contributed by atoms with van der Waals surface area (Å²) in [7, 11) is 0. The van der Waals surface area contributed by atoms with E-state index in [-0.39, 0.29) is 6.10 Å². The second kappa shape index (κ2) is 3.59. The SMILES string of the molecule is CCc1ccc2cnn(C3CC(O)C3)c2c1. The normalized spacial score (nSPS) is 24.6. The fourth-order valence-corrected chi connectivity index (χ4v) is 2.35. The molecule has 2 aromatic rings. The lowest BCUT2D eigenvalue weighted by Crippen LogP contribution is -2.31. The van der Waals surface area contributed by atoms with Crippen molar-refractivity contribution in [1.82, 2.24) is 9.78 Å². The molecule has 1 aliphatic carbocycles. The molecule has 1 aromatic carbocycles. The van der Waals surface area contributed by atoms with Gasteiger partial charge in [-0.1, -0.05) is 19.1 Å². The molecule has 16 heavy (non-hydrogen) atoms. The third-order valence-electron chi connectivity index (χ3n) is 3.51. The maximum atomic E-state index is 9.35. The zero-order valence-electron chi connectivity index (χ0n) is 9.43. The molecule has 3 rings (SSSR count). The number of aliphatic hydroxyl groups excluding tert-OH is 1. The van der Waals surface area contributed by atoms with Crippen LogP contribution in [0.1, 0.15) is 31.4 Å². The van der Waals surface area contributed by atoms with Crippen LogP contribution in [0.4, 0.5) is 0 Å². The van der Waals surface area contributed by atoms with Gasteiger partial charge in [-0.25, -0.2) is 0 Å². The van der Waals surface area contributed by atoms with E-state index in [9.17, 15) is 5.11 Å². The standard InChI is InChI=1S/C13H16N2O/c1-2-9-3-4-10-8-14-15(13(10)5-9)11-6-12(16)7-11/h3-5,8,11-12,16H,2,6-7H2,1H3. The molecule has 0 radical (unpaired) electrons. The smallest absolute Gasteiger partial charge is 0.0688 e. The van der Waals surface area contributed by atoms with Gasteiger partial charge in [0.25, 0.3) is 0 Å². The molecule has 0 spiro atoms. The minimum atomic E-state index is -0.126. The highest BCUT2D eigenvalue weighted by molar-refractivity contribution is 5.79. The lowest BCUT2D eigenvalue weighted by molar-refractivity contribution is 0.0453. The Morgan fingerprint density at radius 3 is 2.94 bits per heavy atom. The van der Waals surface area contributed by atoms with Gasteiger partial charge in [-0.15, -0.1) is 0 Å². The van der Waals surface area contributed by atoms with Crippen molar-refractivity contribution in [3.8, 4) is 0 Å². The van der Waals surface area contributed by atoms with Gasteiger partial charge in [0.2, 0.25) is 0 Å². The van der Waals surface area contributed by atoms with Crippen LogP contribution in [0.5, 0.6) is 0 Å². The number of hydrogen-bond donors (Lipinski definition) is 1. The Bertz CT molecular complexity index is 512. The Hall–Kier alpha value is -1.35. The van der Waals surface area contributed by atoms with Crippen LogP contribution in [0.25, 0.3) is 10.9 Å². The van der Waals surface area contributed by atoms with E-state index in [1.54, 1.807) is 0 Å². The summed E-state index contributed by atoms with van der Waals surface area (Å²) in [6.45, 7) is 2.16. The third kappa shape index (κ3) is 1.43. The van der Waals surface area contributed by atoms with E-state index in [1.807, 2.05) is 6.20 Å². The maximum absolute atomic E-state index is 9.35. The van der Waals surface area contributed by atoms with E-state index in [0.717, 1.165) is 19.3 Å². The molecule has 0 amide bonds. The molecule has 3 nitrogen and oxygen atoms in total. The van der Waals surface area contributed by atoms with Crippen molar-refractivity contribution in [2.75, 3.05) is 0 Å². The van der Waals surface area contributed by atoms with E-state index in [4.69, 9.17) is 0 Å². The minimum absolute atomic E-state index is 0.126. The van der Waals surface area contributed by atoms with Gasteiger partial charge in [0.05, 0.1) is 23.9 Å². The van der Waals surface area contributed by atoms with Crippen LogP contribution in [0.15, 0.2) is 24.4 Å². The van der Waals surface area contributed by atoms with Gasteiger partial charge in [0, 0.05) is 5.39 Å². The lowest BCUT2D eigenvalue weighted by atomic mass is 9.89. The van der Waals surface area contributed by atoms with Crippen molar-refractivity contribution in [3.05, 3.63) is 30.0 Å². The highest BCUT2D eigenvalue weighted by Gasteiger charge is 2.30. The monoisotopic (exact) mass is 216 g/mol. The fraction of sp³-hybridized carbons (Fsp3) is 0.462. The summed E-state index contributed by atoms with van der Waals surface area (Å²) >= 11 is 0. The molecule has 1 aliphatic rings. The Morgan fingerprint density at radius 2 is 2.25 bits per heavy atom. The van der Waals surface area contributed by atoms with Gasteiger partial charge >= 0.3 is 0 Å². The Labute approximate surface area is 94.7 Å². The van der Waals surface area contributed by atoms with E-state index in [2.05, 4.69) is 34.9 Å². The van der Waals surface area contributed by atoms with E-state index < -0.39 is 0 Å².